The minimum Gasteiger partial charge on any atom is -0.367 e. The summed E-state index contributed by atoms with van der Waals surface area (Å²) >= 11 is 0. The Morgan fingerprint density at radius 1 is 1.05 bits per heavy atom. The molecule has 1 saturated heterocycles. The lowest BCUT2D eigenvalue weighted by Crippen LogP contribution is -2.46. The van der Waals surface area contributed by atoms with E-state index < -0.39 is 0 Å². The second kappa shape index (κ2) is 6.09. The minimum atomic E-state index is -0.171. The van der Waals surface area contributed by atoms with Crippen molar-refractivity contribution in [2.45, 2.75) is 32.2 Å². The number of nitrogens with zero attached hydrogens (tertiary/aromatic N) is 1. The molecule has 0 bridgehead atoms. The number of halogens is 1. The summed E-state index contributed by atoms with van der Waals surface area (Å²) in [5.74, 6) is 0.179. The van der Waals surface area contributed by atoms with Gasteiger partial charge >= 0.3 is 0 Å². The molecule has 3 rings (SSSR count). The predicted octanol–water partition coefficient (Wildman–Crippen LogP) is 3.76. The van der Waals surface area contributed by atoms with Crippen LogP contribution in [-0.2, 0) is 0 Å². The smallest absolute Gasteiger partial charge is 0.146 e. The second-order valence-electron chi connectivity index (χ2n) is 6.39. The third kappa shape index (κ3) is 3.00. The fourth-order valence-electron chi connectivity index (χ4n) is 3.30. The van der Waals surface area contributed by atoms with E-state index in [4.69, 9.17) is 5.73 Å². The lowest BCUT2D eigenvalue weighted by Gasteiger charge is -2.38. The third-order valence-corrected chi connectivity index (χ3v) is 4.68. The molecule has 0 saturated carbocycles. The molecule has 0 aromatic heterocycles. The number of piperidine rings is 1. The van der Waals surface area contributed by atoms with Crippen LogP contribution in [0.25, 0.3) is 0 Å². The van der Waals surface area contributed by atoms with Crippen molar-refractivity contribution in [3.63, 3.8) is 0 Å². The molecule has 2 aromatic rings. The molecular formula is C19H23FN2. The van der Waals surface area contributed by atoms with Crippen molar-refractivity contribution in [2.75, 3.05) is 18.0 Å². The van der Waals surface area contributed by atoms with E-state index in [1.165, 1.54) is 22.8 Å². The first kappa shape index (κ1) is 15.0. The number of aryl methyl sites for hydroxylation is 2. The van der Waals surface area contributed by atoms with Crippen LogP contribution < -0.4 is 10.6 Å². The predicted molar refractivity (Wildman–Crippen MR) is 89.9 cm³/mol. The Hall–Kier alpha value is -1.87. The molecule has 2 nitrogen and oxygen atoms in total. The SMILES string of the molecule is Cc1ccc(C2CC(N)CN(c3ccccc3F)C2)cc1C. The Morgan fingerprint density at radius 3 is 2.55 bits per heavy atom. The first-order valence-corrected chi connectivity index (χ1v) is 7.87. The summed E-state index contributed by atoms with van der Waals surface area (Å²) in [7, 11) is 0. The lowest BCUT2D eigenvalue weighted by molar-refractivity contribution is 0.449. The van der Waals surface area contributed by atoms with Gasteiger partial charge in [0.15, 0.2) is 0 Å². The van der Waals surface area contributed by atoms with E-state index in [1.54, 1.807) is 6.07 Å². The zero-order valence-electron chi connectivity index (χ0n) is 13.2. The number of anilines is 1. The van der Waals surface area contributed by atoms with Crippen LogP contribution >= 0.6 is 0 Å². The van der Waals surface area contributed by atoms with Gasteiger partial charge in [-0.2, -0.15) is 0 Å². The zero-order valence-corrected chi connectivity index (χ0v) is 13.2. The van der Waals surface area contributed by atoms with E-state index in [-0.39, 0.29) is 11.9 Å². The molecule has 22 heavy (non-hydrogen) atoms. The highest BCUT2D eigenvalue weighted by Crippen LogP contribution is 2.31. The maximum absolute atomic E-state index is 14.1. The van der Waals surface area contributed by atoms with Crippen molar-refractivity contribution in [3.05, 3.63) is 65.0 Å². The maximum atomic E-state index is 14.1. The highest BCUT2D eigenvalue weighted by molar-refractivity contribution is 5.49. The monoisotopic (exact) mass is 298 g/mol. The molecule has 0 radical (unpaired) electrons. The summed E-state index contributed by atoms with van der Waals surface area (Å²) in [5, 5.41) is 0. The van der Waals surface area contributed by atoms with Crippen molar-refractivity contribution in [1.29, 1.82) is 0 Å². The molecule has 3 heteroatoms. The van der Waals surface area contributed by atoms with Crippen LogP contribution in [-0.4, -0.2) is 19.1 Å². The molecule has 1 fully saturated rings. The van der Waals surface area contributed by atoms with Gasteiger partial charge in [-0.1, -0.05) is 30.3 Å². The zero-order chi connectivity index (χ0) is 15.7. The van der Waals surface area contributed by atoms with Gasteiger partial charge in [0.05, 0.1) is 5.69 Å². The largest absolute Gasteiger partial charge is 0.367 e. The second-order valence-corrected chi connectivity index (χ2v) is 6.39. The Kier molecular flexibility index (Phi) is 4.16. The summed E-state index contributed by atoms with van der Waals surface area (Å²) in [4.78, 5) is 2.09. The van der Waals surface area contributed by atoms with E-state index in [0.29, 0.717) is 18.2 Å². The van der Waals surface area contributed by atoms with Gasteiger partial charge in [0.1, 0.15) is 5.82 Å². The quantitative estimate of drug-likeness (QED) is 0.914. The molecule has 0 spiro atoms. The molecule has 2 unspecified atom stereocenters. The summed E-state index contributed by atoms with van der Waals surface area (Å²) in [6, 6.07) is 13.6. The highest BCUT2D eigenvalue weighted by atomic mass is 19.1. The van der Waals surface area contributed by atoms with Gasteiger partial charge in [-0.15, -0.1) is 0 Å². The van der Waals surface area contributed by atoms with Gasteiger partial charge in [0.25, 0.3) is 0 Å². The van der Waals surface area contributed by atoms with Gasteiger partial charge in [-0.25, -0.2) is 4.39 Å². The summed E-state index contributed by atoms with van der Waals surface area (Å²) in [6.07, 6.45) is 0.952. The topological polar surface area (TPSA) is 29.3 Å². The molecule has 2 N–H and O–H groups in total. The van der Waals surface area contributed by atoms with Crippen LogP contribution in [0.2, 0.25) is 0 Å². The molecule has 116 valence electrons. The summed E-state index contributed by atoms with van der Waals surface area (Å²) in [6.45, 7) is 5.78. The first-order valence-electron chi connectivity index (χ1n) is 7.87. The van der Waals surface area contributed by atoms with Crippen molar-refractivity contribution in [3.8, 4) is 0 Å². The van der Waals surface area contributed by atoms with Crippen molar-refractivity contribution in [2.24, 2.45) is 5.73 Å². The van der Waals surface area contributed by atoms with Gasteiger partial charge in [-0.05, 0) is 49.1 Å². The van der Waals surface area contributed by atoms with E-state index in [2.05, 4.69) is 36.9 Å². The Morgan fingerprint density at radius 2 is 1.82 bits per heavy atom. The molecule has 1 aliphatic rings. The molecule has 2 atom stereocenters. The molecule has 0 amide bonds. The molecule has 2 aromatic carbocycles. The van der Waals surface area contributed by atoms with Crippen LogP contribution in [0.5, 0.6) is 0 Å². The Bertz CT molecular complexity index is 668. The average Bonchev–Trinajstić information content (AvgIpc) is 2.50. The number of hydrogen-bond donors (Lipinski definition) is 1. The van der Waals surface area contributed by atoms with Crippen LogP contribution in [0.3, 0.4) is 0 Å². The normalized spacial score (nSPS) is 21.9. The van der Waals surface area contributed by atoms with Gasteiger partial charge < -0.3 is 10.6 Å². The summed E-state index contributed by atoms with van der Waals surface area (Å²) < 4.78 is 14.1. The first-order chi connectivity index (χ1) is 10.5. The van der Waals surface area contributed by atoms with Crippen LogP contribution in [0, 0.1) is 19.7 Å². The van der Waals surface area contributed by atoms with Crippen LogP contribution in [0.1, 0.15) is 29.0 Å². The van der Waals surface area contributed by atoms with Crippen molar-refractivity contribution < 1.29 is 4.39 Å². The molecular weight excluding hydrogens is 275 g/mol. The Labute approximate surface area is 131 Å². The molecule has 1 heterocycles. The van der Waals surface area contributed by atoms with Crippen molar-refractivity contribution >= 4 is 5.69 Å². The van der Waals surface area contributed by atoms with E-state index in [0.717, 1.165) is 13.0 Å². The maximum Gasteiger partial charge on any atom is 0.146 e. The minimum absolute atomic E-state index is 0.0694. The summed E-state index contributed by atoms with van der Waals surface area (Å²) in [5.41, 5.74) is 10.8. The molecule has 0 aliphatic carbocycles. The van der Waals surface area contributed by atoms with Gasteiger partial charge in [0.2, 0.25) is 0 Å². The Balaban J connectivity index is 1.87. The molecule has 1 aliphatic heterocycles. The number of benzene rings is 2. The average molecular weight is 298 g/mol. The van der Waals surface area contributed by atoms with Gasteiger partial charge in [-0.3, -0.25) is 0 Å². The van der Waals surface area contributed by atoms with E-state index in [1.807, 2.05) is 12.1 Å². The standard InChI is InChI=1S/C19H23FN2/c1-13-7-8-15(9-14(13)2)16-10-17(21)12-22(11-16)19-6-4-3-5-18(19)20/h3-9,16-17H,10-12,21H2,1-2H3. The van der Waals surface area contributed by atoms with E-state index >= 15 is 0 Å². The van der Waals surface area contributed by atoms with Crippen molar-refractivity contribution in [1.82, 2.24) is 0 Å². The van der Waals surface area contributed by atoms with Crippen LogP contribution in [0.4, 0.5) is 10.1 Å². The van der Waals surface area contributed by atoms with Crippen LogP contribution in [0.15, 0.2) is 42.5 Å². The fraction of sp³-hybridized carbons (Fsp3) is 0.368. The number of rotatable bonds is 2. The lowest BCUT2D eigenvalue weighted by atomic mass is 9.87. The number of nitrogens with two attached hydrogens (primary N) is 1. The fourth-order valence-corrected chi connectivity index (χ4v) is 3.30. The van der Waals surface area contributed by atoms with Gasteiger partial charge in [0, 0.05) is 25.0 Å². The number of para-hydroxylation sites is 1. The number of hydrogen-bond acceptors (Lipinski definition) is 2. The third-order valence-electron chi connectivity index (χ3n) is 4.68. The highest BCUT2D eigenvalue weighted by Gasteiger charge is 2.27. The van der Waals surface area contributed by atoms with E-state index in [9.17, 15) is 4.39 Å².